The SMILES string of the molecule is CCCCOc1ccc(C(=O)Oc2ccc(/C=N\NC(=O)[C@@H](C)Oc3ccc(Cl)cc3)cc2)cc1. The number of rotatable bonds is 11. The lowest BCUT2D eigenvalue weighted by atomic mass is 10.2. The summed E-state index contributed by atoms with van der Waals surface area (Å²) < 4.78 is 16.6. The molecule has 35 heavy (non-hydrogen) atoms. The van der Waals surface area contributed by atoms with Gasteiger partial charge in [-0.05, 0) is 91.7 Å². The van der Waals surface area contributed by atoms with Gasteiger partial charge in [-0.2, -0.15) is 5.10 Å². The van der Waals surface area contributed by atoms with Crippen LogP contribution in [0.1, 0.15) is 42.6 Å². The third-order valence-electron chi connectivity index (χ3n) is 4.83. The number of amides is 1. The van der Waals surface area contributed by atoms with Crippen molar-refractivity contribution in [3.63, 3.8) is 0 Å². The first-order valence-corrected chi connectivity index (χ1v) is 11.6. The van der Waals surface area contributed by atoms with E-state index in [9.17, 15) is 9.59 Å². The topological polar surface area (TPSA) is 86.2 Å². The van der Waals surface area contributed by atoms with Crippen LogP contribution in [0, 0.1) is 0 Å². The average Bonchev–Trinajstić information content (AvgIpc) is 2.87. The number of hydrogen-bond acceptors (Lipinski definition) is 6. The van der Waals surface area contributed by atoms with E-state index < -0.39 is 18.0 Å². The highest BCUT2D eigenvalue weighted by Gasteiger charge is 2.14. The Balaban J connectivity index is 1.46. The van der Waals surface area contributed by atoms with Crippen LogP contribution in [0.15, 0.2) is 77.9 Å². The Labute approximate surface area is 209 Å². The molecule has 3 aromatic carbocycles. The Morgan fingerprint density at radius 2 is 1.57 bits per heavy atom. The molecule has 0 aliphatic carbocycles. The fourth-order valence-electron chi connectivity index (χ4n) is 2.84. The first-order valence-electron chi connectivity index (χ1n) is 11.2. The molecule has 0 heterocycles. The number of carbonyl (C=O) groups excluding carboxylic acids is 2. The molecule has 0 unspecified atom stereocenters. The highest BCUT2D eigenvalue weighted by Crippen LogP contribution is 2.18. The van der Waals surface area contributed by atoms with Crippen LogP contribution >= 0.6 is 11.6 Å². The number of carbonyl (C=O) groups is 2. The van der Waals surface area contributed by atoms with Gasteiger partial charge in [-0.15, -0.1) is 0 Å². The molecule has 0 radical (unpaired) electrons. The van der Waals surface area contributed by atoms with Crippen LogP contribution < -0.4 is 19.6 Å². The van der Waals surface area contributed by atoms with E-state index in [-0.39, 0.29) is 0 Å². The molecule has 0 fully saturated rings. The molecule has 3 aromatic rings. The van der Waals surface area contributed by atoms with E-state index in [1.54, 1.807) is 79.7 Å². The monoisotopic (exact) mass is 494 g/mol. The maximum atomic E-state index is 12.4. The summed E-state index contributed by atoms with van der Waals surface area (Å²) in [5.41, 5.74) is 3.58. The quantitative estimate of drug-likeness (QED) is 0.122. The smallest absolute Gasteiger partial charge is 0.343 e. The predicted octanol–water partition coefficient (Wildman–Crippen LogP) is 5.66. The molecular formula is C27H27ClN2O5. The number of ether oxygens (including phenoxy) is 3. The van der Waals surface area contributed by atoms with Gasteiger partial charge in [0.1, 0.15) is 17.2 Å². The minimum Gasteiger partial charge on any atom is -0.494 e. The summed E-state index contributed by atoms with van der Waals surface area (Å²) in [4.78, 5) is 24.5. The lowest BCUT2D eigenvalue weighted by Gasteiger charge is -2.12. The Bertz CT molecular complexity index is 1130. The van der Waals surface area contributed by atoms with Crippen LogP contribution in [0.4, 0.5) is 0 Å². The molecular weight excluding hydrogens is 468 g/mol. The van der Waals surface area contributed by atoms with Crippen molar-refractivity contribution in [2.24, 2.45) is 5.10 Å². The largest absolute Gasteiger partial charge is 0.494 e. The van der Waals surface area contributed by atoms with Gasteiger partial charge in [0.05, 0.1) is 18.4 Å². The summed E-state index contributed by atoms with van der Waals surface area (Å²) in [5, 5.41) is 4.53. The number of benzene rings is 3. The summed E-state index contributed by atoms with van der Waals surface area (Å²) in [6, 6.07) is 20.3. The highest BCUT2D eigenvalue weighted by atomic mass is 35.5. The minimum atomic E-state index is -0.743. The zero-order valence-corrected chi connectivity index (χ0v) is 20.3. The third-order valence-corrected chi connectivity index (χ3v) is 5.08. The second-order valence-corrected chi connectivity index (χ2v) is 8.07. The minimum absolute atomic E-state index is 0.393. The molecule has 0 spiro atoms. The molecule has 0 saturated heterocycles. The van der Waals surface area contributed by atoms with Gasteiger partial charge in [-0.3, -0.25) is 4.79 Å². The summed E-state index contributed by atoms with van der Waals surface area (Å²) in [7, 11) is 0. The molecule has 0 saturated carbocycles. The number of unbranched alkanes of at least 4 members (excludes halogenated alkanes) is 1. The summed E-state index contributed by atoms with van der Waals surface area (Å²) in [5.74, 6) is 0.778. The van der Waals surface area contributed by atoms with Crippen molar-refractivity contribution >= 4 is 29.7 Å². The van der Waals surface area contributed by atoms with Crippen LogP contribution in [0.2, 0.25) is 5.02 Å². The van der Waals surface area contributed by atoms with E-state index >= 15 is 0 Å². The maximum absolute atomic E-state index is 12.4. The number of nitrogens with one attached hydrogen (secondary N) is 1. The number of esters is 1. The fraction of sp³-hybridized carbons (Fsp3) is 0.222. The highest BCUT2D eigenvalue weighted by molar-refractivity contribution is 6.30. The van der Waals surface area contributed by atoms with E-state index in [1.165, 1.54) is 6.21 Å². The van der Waals surface area contributed by atoms with E-state index in [0.717, 1.165) is 18.6 Å². The van der Waals surface area contributed by atoms with Crippen LogP contribution in [-0.4, -0.2) is 30.8 Å². The number of hydrogen-bond donors (Lipinski definition) is 1. The molecule has 0 bridgehead atoms. The zero-order chi connectivity index (χ0) is 25.0. The predicted molar refractivity (Wildman–Crippen MR) is 136 cm³/mol. The molecule has 1 amide bonds. The zero-order valence-electron chi connectivity index (χ0n) is 19.6. The van der Waals surface area contributed by atoms with E-state index in [0.29, 0.717) is 34.3 Å². The second kappa shape index (κ2) is 13.2. The van der Waals surface area contributed by atoms with Gasteiger partial charge in [0.25, 0.3) is 5.91 Å². The van der Waals surface area contributed by atoms with Crippen molar-refractivity contribution in [1.82, 2.24) is 5.43 Å². The van der Waals surface area contributed by atoms with Gasteiger partial charge < -0.3 is 14.2 Å². The van der Waals surface area contributed by atoms with Crippen molar-refractivity contribution in [2.45, 2.75) is 32.8 Å². The molecule has 1 N–H and O–H groups in total. The van der Waals surface area contributed by atoms with Gasteiger partial charge in [-0.1, -0.05) is 24.9 Å². The molecule has 8 heteroatoms. The van der Waals surface area contributed by atoms with Crippen molar-refractivity contribution in [3.05, 3.63) is 88.9 Å². The molecule has 182 valence electrons. The normalized spacial score (nSPS) is 11.6. The standard InChI is InChI=1S/C27H27ClN2O5/c1-3-4-17-33-23-13-7-21(8-14-23)27(32)35-25-11-5-20(6-12-25)18-29-30-26(31)19(2)34-24-15-9-22(28)10-16-24/h5-16,18-19H,3-4,17H2,1-2H3,(H,30,31)/b29-18-/t19-/m1/s1. The van der Waals surface area contributed by atoms with E-state index in [4.69, 9.17) is 25.8 Å². The fourth-order valence-corrected chi connectivity index (χ4v) is 2.97. The number of halogens is 1. The van der Waals surface area contributed by atoms with Crippen LogP contribution in [0.25, 0.3) is 0 Å². The van der Waals surface area contributed by atoms with Crippen LogP contribution in [0.3, 0.4) is 0 Å². The van der Waals surface area contributed by atoms with Gasteiger partial charge in [0, 0.05) is 5.02 Å². The second-order valence-electron chi connectivity index (χ2n) is 7.63. The van der Waals surface area contributed by atoms with Gasteiger partial charge in [0.15, 0.2) is 6.10 Å². The van der Waals surface area contributed by atoms with Crippen molar-refractivity contribution < 1.29 is 23.8 Å². The van der Waals surface area contributed by atoms with Crippen LogP contribution in [0.5, 0.6) is 17.2 Å². The molecule has 0 aromatic heterocycles. The Hall–Kier alpha value is -3.84. The summed E-state index contributed by atoms with van der Waals surface area (Å²) in [6.45, 7) is 4.37. The number of hydrazone groups is 1. The molecule has 0 aliphatic rings. The van der Waals surface area contributed by atoms with Gasteiger partial charge in [-0.25, -0.2) is 10.2 Å². The Morgan fingerprint density at radius 1 is 0.943 bits per heavy atom. The van der Waals surface area contributed by atoms with Crippen LogP contribution in [-0.2, 0) is 4.79 Å². The summed E-state index contributed by atoms with van der Waals surface area (Å²) in [6.07, 6.45) is 2.78. The van der Waals surface area contributed by atoms with Gasteiger partial charge in [0.2, 0.25) is 0 Å². The first kappa shape index (κ1) is 25.8. The van der Waals surface area contributed by atoms with E-state index in [1.807, 2.05) is 0 Å². The Kier molecular flexibility index (Phi) is 9.69. The molecule has 1 atom stereocenters. The first-order chi connectivity index (χ1) is 16.9. The number of nitrogens with zero attached hydrogens (tertiary/aromatic N) is 1. The molecule has 0 aliphatic heterocycles. The lowest BCUT2D eigenvalue weighted by molar-refractivity contribution is -0.127. The average molecular weight is 495 g/mol. The van der Waals surface area contributed by atoms with E-state index in [2.05, 4.69) is 17.5 Å². The lowest BCUT2D eigenvalue weighted by Crippen LogP contribution is -2.33. The maximum Gasteiger partial charge on any atom is 0.343 e. The molecule has 3 rings (SSSR count). The Morgan fingerprint density at radius 3 is 2.23 bits per heavy atom. The molecule has 7 nitrogen and oxygen atoms in total. The van der Waals surface area contributed by atoms with Crippen molar-refractivity contribution in [2.75, 3.05) is 6.61 Å². The van der Waals surface area contributed by atoms with Gasteiger partial charge >= 0.3 is 5.97 Å². The third kappa shape index (κ3) is 8.46. The van der Waals surface area contributed by atoms with Crippen molar-refractivity contribution in [1.29, 1.82) is 0 Å². The summed E-state index contributed by atoms with van der Waals surface area (Å²) >= 11 is 5.84. The van der Waals surface area contributed by atoms with Crippen molar-refractivity contribution in [3.8, 4) is 17.2 Å².